The molecular formula is C20H23N3O4S. The third-order valence-electron chi connectivity index (χ3n) is 4.00. The average molecular weight is 401 g/mol. The van der Waals surface area contributed by atoms with E-state index in [1.807, 2.05) is 54.6 Å². The fraction of sp³-hybridized carbons (Fsp3) is 0.250. The van der Waals surface area contributed by atoms with Gasteiger partial charge in [0.05, 0.1) is 0 Å². The van der Waals surface area contributed by atoms with Gasteiger partial charge in [0.15, 0.2) is 5.00 Å². The number of ether oxygens (including phenoxy) is 1. The number of benzene rings is 2. The second-order valence-electron chi connectivity index (χ2n) is 6.25. The Morgan fingerprint density at radius 2 is 1.86 bits per heavy atom. The van der Waals surface area contributed by atoms with Crippen LogP contribution in [0.15, 0.2) is 59.4 Å². The molecule has 0 aliphatic carbocycles. The number of rotatable bonds is 10. The van der Waals surface area contributed by atoms with Crippen LogP contribution in [0.2, 0.25) is 0 Å². The molecule has 0 saturated carbocycles. The molecule has 2 aromatic carbocycles. The van der Waals surface area contributed by atoms with Gasteiger partial charge in [0.1, 0.15) is 18.5 Å². The number of aromatic nitrogens is 1. The first-order valence-electron chi connectivity index (χ1n) is 8.95. The zero-order valence-corrected chi connectivity index (χ0v) is 16.0. The summed E-state index contributed by atoms with van der Waals surface area (Å²) in [5.74, 6) is 0.591. The van der Waals surface area contributed by atoms with Crippen LogP contribution in [0.3, 0.4) is 0 Å². The molecule has 0 aliphatic heterocycles. The Balaban J connectivity index is 1.35. The summed E-state index contributed by atoms with van der Waals surface area (Å²) >= 11 is 0.919. The van der Waals surface area contributed by atoms with Crippen LogP contribution < -0.4 is 20.2 Å². The molecule has 0 unspecified atom stereocenters. The number of para-hydroxylation sites is 1. The van der Waals surface area contributed by atoms with E-state index >= 15 is 0 Å². The quantitative estimate of drug-likeness (QED) is 0.334. The molecule has 1 heterocycles. The van der Waals surface area contributed by atoms with E-state index in [-0.39, 0.29) is 17.4 Å². The fourth-order valence-corrected chi connectivity index (χ4v) is 3.21. The molecule has 7 nitrogen and oxygen atoms in total. The van der Waals surface area contributed by atoms with Gasteiger partial charge in [-0.1, -0.05) is 41.7 Å². The molecule has 8 heteroatoms. The van der Waals surface area contributed by atoms with Crippen molar-refractivity contribution in [3.8, 4) is 11.6 Å². The Hall–Kier alpha value is -2.81. The minimum atomic E-state index is -0.576. The van der Waals surface area contributed by atoms with Crippen molar-refractivity contribution in [1.29, 1.82) is 0 Å². The second-order valence-corrected chi connectivity index (χ2v) is 7.23. The molecule has 28 heavy (non-hydrogen) atoms. The molecule has 1 atom stereocenters. The summed E-state index contributed by atoms with van der Waals surface area (Å²) < 4.78 is 5.52. The molecule has 0 saturated heterocycles. The van der Waals surface area contributed by atoms with Gasteiger partial charge < -0.3 is 25.6 Å². The number of aliphatic hydroxyl groups excluding tert-OH is 1. The van der Waals surface area contributed by atoms with E-state index in [0.29, 0.717) is 11.5 Å². The van der Waals surface area contributed by atoms with Gasteiger partial charge in [0, 0.05) is 12.2 Å². The molecule has 3 aromatic rings. The first-order chi connectivity index (χ1) is 13.6. The van der Waals surface area contributed by atoms with Crippen LogP contribution in [0.1, 0.15) is 5.56 Å². The SMILES string of the molecule is O=c1[nH]c(O)c(Nc2ccc(CCNC[C@H](O)COc3ccccc3)cc2)s1. The van der Waals surface area contributed by atoms with E-state index in [2.05, 4.69) is 15.6 Å². The molecule has 0 fully saturated rings. The van der Waals surface area contributed by atoms with Crippen LogP contribution in [0.5, 0.6) is 11.6 Å². The first kappa shape index (κ1) is 19.9. The fourth-order valence-electron chi connectivity index (χ4n) is 2.56. The van der Waals surface area contributed by atoms with E-state index in [1.165, 1.54) is 0 Å². The lowest BCUT2D eigenvalue weighted by molar-refractivity contribution is 0.106. The van der Waals surface area contributed by atoms with Crippen molar-refractivity contribution in [2.75, 3.05) is 25.0 Å². The highest BCUT2D eigenvalue weighted by molar-refractivity contribution is 7.13. The van der Waals surface area contributed by atoms with Gasteiger partial charge in [-0.2, -0.15) is 0 Å². The zero-order chi connectivity index (χ0) is 19.8. The van der Waals surface area contributed by atoms with Gasteiger partial charge in [-0.15, -0.1) is 0 Å². The summed E-state index contributed by atoms with van der Waals surface area (Å²) in [6.07, 6.45) is 0.239. The smallest absolute Gasteiger partial charge is 0.309 e. The largest absolute Gasteiger partial charge is 0.492 e. The van der Waals surface area contributed by atoms with Gasteiger partial charge in [-0.3, -0.25) is 9.78 Å². The Morgan fingerprint density at radius 3 is 2.54 bits per heavy atom. The number of aliphatic hydroxyl groups is 1. The van der Waals surface area contributed by atoms with E-state index in [0.717, 1.165) is 41.3 Å². The summed E-state index contributed by atoms with van der Waals surface area (Å²) in [5, 5.41) is 26.2. The maximum atomic E-state index is 11.2. The molecule has 5 N–H and O–H groups in total. The van der Waals surface area contributed by atoms with Crippen LogP contribution in [0.25, 0.3) is 0 Å². The Labute approximate surface area is 166 Å². The van der Waals surface area contributed by atoms with Crippen molar-refractivity contribution in [2.24, 2.45) is 0 Å². The number of thiazole rings is 1. The highest BCUT2D eigenvalue weighted by atomic mass is 32.1. The van der Waals surface area contributed by atoms with E-state index in [4.69, 9.17) is 4.74 Å². The normalized spacial score (nSPS) is 11.9. The van der Waals surface area contributed by atoms with Crippen molar-refractivity contribution in [3.05, 3.63) is 69.8 Å². The van der Waals surface area contributed by atoms with E-state index in [9.17, 15) is 15.0 Å². The molecule has 0 bridgehead atoms. The summed E-state index contributed by atoms with van der Waals surface area (Å²) in [4.78, 5) is 13.2. The van der Waals surface area contributed by atoms with Crippen molar-refractivity contribution in [1.82, 2.24) is 10.3 Å². The maximum Gasteiger partial charge on any atom is 0.309 e. The molecule has 0 radical (unpaired) electrons. The van der Waals surface area contributed by atoms with Crippen molar-refractivity contribution < 1.29 is 14.9 Å². The molecule has 0 spiro atoms. The van der Waals surface area contributed by atoms with Gasteiger partial charge in [-0.05, 0) is 42.8 Å². The van der Waals surface area contributed by atoms with Crippen molar-refractivity contribution >= 4 is 22.0 Å². The Morgan fingerprint density at radius 1 is 1.11 bits per heavy atom. The lowest BCUT2D eigenvalue weighted by Crippen LogP contribution is -2.32. The summed E-state index contributed by atoms with van der Waals surface area (Å²) in [6, 6.07) is 17.2. The number of nitrogens with one attached hydrogen (secondary N) is 3. The molecule has 3 rings (SSSR count). The van der Waals surface area contributed by atoms with Crippen LogP contribution in [-0.4, -0.2) is 41.0 Å². The van der Waals surface area contributed by atoms with Crippen LogP contribution in [0.4, 0.5) is 10.7 Å². The average Bonchev–Trinajstić information content (AvgIpc) is 3.02. The lowest BCUT2D eigenvalue weighted by atomic mass is 10.1. The number of anilines is 2. The number of hydrogen-bond donors (Lipinski definition) is 5. The maximum absolute atomic E-state index is 11.2. The molecule has 0 aliphatic rings. The molecule has 1 aromatic heterocycles. The monoisotopic (exact) mass is 401 g/mol. The first-order valence-corrected chi connectivity index (χ1v) is 9.76. The molecule has 0 amide bonds. The molecule has 148 valence electrons. The van der Waals surface area contributed by atoms with E-state index < -0.39 is 6.10 Å². The standard InChI is InChI=1S/C20H23N3O4S/c24-16(13-27-17-4-2-1-3-5-17)12-21-11-10-14-6-8-15(9-7-14)22-19-18(25)23-20(26)28-19/h1-9,16,21-22,24-25H,10-13H2,(H,23,26)/t16-/m0/s1. The lowest BCUT2D eigenvalue weighted by Gasteiger charge is -2.13. The van der Waals surface area contributed by atoms with Gasteiger partial charge >= 0.3 is 4.87 Å². The van der Waals surface area contributed by atoms with Crippen molar-refractivity contribution in [2.45, 2.75) is 12.5 Å². The van der Waals surface area contributed by atoms with E-state index in [1.54, 1.807) is 0 Å². The topological polar surface area (TPSA) is 107 Å². The zero-order valence-electron chi connectivity index (χ0n) is 15.2. The van der Waals surface area contributed by atoms with Gasteiger partial charge in [0.2, 0.25) is 5.88 Å². The summed E-state index contributed by atoms with van der Waals surface area (Å²) in [7, 11) is 0. The minimum absolute atomic E-state index is 0.155. The van der Waals surface area contributed by atoms with Crippen LogP contribution in [0, 0.1) is 0 Å². The highest BCUT2D eigenvalue weighted by Gasteiger charge is 2.07. The third kappa shape index (κ3) is 6.12. The number of aromatic hydroxyl groups is 1. The molecular weight excluding hydrogens is 378 g/mol. The Kier molecular flexibility index (Phi) is 7.07. The Bertz CT molecular complexity index is 909. The van der Waals surface area contributed by atoms with Crippen LogP contribution >= 0.6 is 11.3 Å². The van der Waals surface area contributed by atoms with Crippen LogP contribution in [-0.2, 0) is 6.42 Å². The number of H-pyrrole nitrogens is 1. The minimum Gasteiger partial charge on any atom is -0.492 e. The summed E-state index contributed by atoms with van der Waals surface area (Å²) in [5.41, 5.74) is 1.93. The third-order valence-corrected chi connectivity index (χ3v) is 4.79. The van der Waals surface area contributed by atoms with Gasteiger partial charge in [0.25, 0.3) is 0 Å². The summed E-state index contributed by atoms with van der Waals surface area (Å²) in [6.45, 7) is 1.43. The number of aromatic amines is 1. The number of hydrogen-bond acceptors (Lipinski definition) is 7. The second kappa shape index (κ2) is 9.93. The van der Waals surface area contributed by atoms with Crippen molar-refractivity contribution in [3.63, 3.8) is 0 Å². The highest BCUT2D eigenvalue weighted by Crippen LogP contribution is 2.27. The predicted octanol–water partition coefficient (Wildman–Crippen LogP) is 2.46. The predicted molar refractivity (Wildman–Crippen MR) is 111 cm³/mol. The van der Waals surface area contributed by atoms with Gasteiger partial charge in [-0.25, -0.2) is 0 Å².